The van der Waals surface area contributed by atoms with Crippen molar-refractivity contribution in [3.05, 3.63) is 59.7 Å². The molecule has 0 atom stereocenters. The second-order valence-electron chi connectivity index (χ2n) is 6.24. The van der Waals surface area contributed by atoms with Gasteiger partial charge in [-0.2, -0.15) is 0 Å². The van der Waals surface area contributed by atoms with E-state index in [4.69, 9.17) is 9.84 Å². The molecule has 0 aromatic heterocycles. The molecule has 3 rings (SSSR count). The van der Waals surface area contributed by atoms with Gasteiger partial charge in [0.1, 0.15) is 5.75 Å². The third-order valence-electron chi connectivity index (χ3n) is 4.31. The first-order valence-electron chi connectivity index (χ1n) is 8.68. The molecule has 140 valence electrons. The number of ether oxygens (including phenoxy) is 1. The number of carboxylic acid groups (broad SMARTS) is 1. The third kappa shape index (κ3) is 4.84. The fourth-order valence-corrected chi connectivity index (χ4v) is 2.83. The van der Waals surface area contributed by atoms with Crippen LogP contribution in [0, 0.1) is 0 Å². The maximum absolute atomic E-state index is 12.3. The van der Waals surface area contributed by atoms with Crippen LogP contribution in [-0.4, -0.2) is 47.5 Å². The van der Waals surface area contributed by atoms with Crippen LogP contribution in [0.5, 0.6) is 5.75 Å². The van der Waals surface area contributed by atoms with Crippen molar-refractivity contribution in [3.8, 4) is 5.75 Å². The van der Waals surface area contributed by atoms with E-state index in [1.807, 2.05) is 0 Å². The van der Waals surface area contributed by atoms with Gasteiger partial charge in [-0.3, -0.25) is 9.59 Å². The van der Waals surface area contributed by atoms with Crippen LogP contribution < -0.4 is 10.1 Å². The number of hydrogen-bond donors (Lipinski definition) is 2. The van der Waals surface area contributed by atoms with Gasteiger partial charge in [-0.1, -0.05) is 6.07 Å². The molecule has 0 radical (unpaired) electrons. The van der Waals surface area contributed by atoms with Crippen LogP contribution in [0.3, 0.4) is 0 Å². The van der Waals surface area contributed by atoms with E-state index in [0.29, 0.717) is 17.0 Å². The Morgan fingerprint density at radius 1 is 1.00 bits per heavy atom. The molecule has 0 unspecified atom stereocenters. The zero-order valence-corrected chi connectivity index (χ0v) is 14.7. The van der Waals surface area contributed by atoms with Crippen LogP contribution in [0.1, 0.15) is 33.6 Å². The molecule has 2 amide bonds. The second kappa shape index (κ2) is 8.35. The Balaban J connectivity index is 1.58. The Labute approximate surface area is 156 Å². The number of carbonyl (C=O) groups is 3. The van der Waals surface area contributed by atoms with Crippen molar-refractivity contribution in [2.24, 2.45) is 0 Å². The Bertz CT molecular complexity index is 842. The first kappa shape index (κ1) is 18.4. The van der Waals surface area contributed by atoms with Gasteiger partial charge in [-0.25, -0.2) is 4.79 Å². The van der Waals surface area contributed by atoms with Gasteiger partial charge in [0.15, 0.2) is 6.61 Å². The molecule has 1 fully saturated rings. The summed E-state index contributed by atoms with van der Waals surface area (Å²) < 4.78 is 5.54. The number of likely N-dealkylation sites (tertiary alicyclic amines) is 1. The molecule has 1 heterocycles. The van der Waals surface area contributed by atoms with Crippen molar-refractivity contribution in [2.45, 2.75) is 12.8 Å². The molecule has 2 aromatic carbocycles. The Kier molecular flexibility index (Phi) is 5.71. The number of amides is 2. The van der Waals surface area contributed by atoms with Crippen molar-refractivity contribution in [1.82, 2.24) is 4.90 Å². The first-order valence-corrected chi connectivity index (χ1v) is 8.68. The average Bonchev–Trinajstić information content (AvgIpc) is 3.21. The lowest BCUT2D eigenvalue weighted by Gasteiger charge is -2.15. The number of benzene rings is 2. The predicted molar refractivity (Wildman–Crippen MR) is 99.1 cm³/mol. The van der Waals surface area contributed by atoms with E-state index in [1.54, 1.807) is 29.2 Å². The number of nitrogens with one attached hydrogen (secondary N) is 1. The summed E-state index contributed by atoms with van der Waals surface area (Å²) in [5, 5.41) is 11.6. The maximum Gasteiger partial charge on any atom is 0.335 e. The molecule has 1 saturated heterocycles. The molecule has 7 nitrogen and oxygen atoms in total. The lowest BCUT2D eigenvalue weighted by atomic mass is 10.1. The summed E-state index contributed by atoms with van der Waals surface area (Å²) in [7, 11) is 0. The van der Waals surface area contributed by atoms with Crippen LogP contribution >= 0.6 is 0 Å². The van der Waals surface area contributed by atoms with E-state index in [2.05, 4.69) is 5.32 Å². The first-order chi connectivity index (χ1) is 13.0. The predicted octanol–water partition coefficient (Wildman–Crippen LogP) is 2.64. The lowest BCUT2D eigenvalue weighted by molar-refractivity contribution is -0.132. The summed E-state index contributed by atoms with van der Waals surface area (Å²) in [6, 6.07) is 12.4. The van der Waals surface area contributed by atoms with Gasteiger partial charge in [0.2, 0.25) is 0 Å². The smallest absolute Gasteiger partial charge is 0.335 e. The molecule has 1 aliphatic rings. The molecule has 2 N–H and O–H groups in total. The average molecular weight is 368 g/mol. The van der Waals surface area contributed by atoms with Crippen molar-refractivity contribution in [3.63, 3.8) is 0 Å². The van der Waals surface area contributed by atoms with Gasteiger partial charge in [0.05, 0.1) is 5.56 Å². The molecule has 27 heavy (non-hydrogen) atoms. The minimum atomic E-state index is -1.05. The number of rotatable bonds is 6. The maximum atomic E-state index is 12.3. The van der Waals surface area contributed by atoms with Crippen LogP contribution in [0.15, 0.2) is 48.5 Å². The van der Waals surface area contributed by atoms with Gasteiger partial charge in [-0.05, 0) is 49.2 Å². The second-order valence-corrected chi connectivity index (χ2v) is 6.24. The fraction of sp³-hybridized carbons (Fsp3) is 0.250. The van der Waals surface area contributed by atoms with E-state index < -0.39 is 5.97 Å². The Hall–Kier alpha value is -3.35. The number of carboxylic acids is 1. The molecule has 0 spiro atoms. The molecule has 0 bridgehead atoms. The van der Waals surface area contributed by atoms with Gasteiger partial charge in [0.25, 0.3) is 11.8 Å². The summed E-state index contributed by atoms with van der Waals surface area (Å²) in [6.45, 7) is 1.52. The van der Waals surface area contributed by atoms with Gasteiger partial charge in [-0.15, -0.1) is 0 Å². The molecular formula is C20H20N2O5. The fourth-order valence-electron chi connectivity index (χ4n) is 2.83. The van der Waals surface area contributed by atoms with Gasteiger partial charge < -0.3 is 20.1 Å². The number of nitrogens with zero attached hydrogens (tertiary/aromatic N) is 1. The number of anilines is 1. The zero-order valence-electron chi connectivity index (χ0n) is 14.7. The van der Waals surface area contributed by atoms with Crippen LogP contribution in [0.25, 0.3) is 0 Å². The summed E-state index contributed by atoms with van der Waals surface area (Å²) in [5.74, 6) is -0.963. The number of aromatic carboxylic acids is 1. The standard InChI is InChI=1S/C20H20N2O5/c23-18(22-10-1-2-11-22)13-27-17-5-3-4-16(12-17)21-19(24)14-6-8-15(9-7-14)20(25)26/h3-9,12H,1-2,10-11,13H2,(H,21,24)(H,25,26). The molecule has 7 heteroatoms. The van der Waals surface area contributed by atoms with E-state index in [-0.39, 0.29) is 24.0 Å². The zero-order chi connectivity index (χ0) is 19.2. The lowest BCUT2D eigenvalue weighted by Crippen LogP contribution is -2.32. The molecule has 0 aliphatic carbocycles. The monoisotopic (exact) mass is 368 g/mol. The Morgan fingerprint density at radius 2 is 1.67 bits per heavy atom. The van der Waals surface area contributed by atoms with Gasteiger partial charge >= 0.3 is 5.97 Å². The molecular weight excluding hydrogens is 348 g/mol. The highest BCUT2D eigenvalue weighted by Gasteiger charge is 2.18. The molecule has 1 aliphatic heterocycles. The van der Waals surface area contributed by atoms with E-state index in [0.717, 1.165) is 25.9 Å². The van der Waals surface area contributed by atoms with Crippen LogP contribution in [-0.2, 0) is 4.79 Å². The van der Waals surface area contributed by atoms with Crippen LogP contribution in [0.2, 0.25) is 0 Å². The highest BCUT2D eigenvalue weighted by molar-refractivity contribution is 6.04. The van der Waals surface area contributed by atoms with E-state index >= 15 is 0 Å². The molecule has 2 aromatic rings. The summed E-state index contributed by atoms with van der Waals surface area (Å²) in [6.07, 6.45) is 2.06. The largest absolute Gasteiger partial charge is 0.484 e. The normalized spacial score (nSPS) is 13.3. The SMILES string of the molecule is O=C(O)c1ccc(C(=O)Nc2cccc(OCC(=O)N3CCCC3)c2)cc1. The van der Waals surface area contributed by atoms with Crippen molar-refractivity contribution >= 4 is 23.5 Å². The third-order valence-corrected chi connectivity index (χ3v) is 4.31. The quantitative estimate of drug-likeness (QED) is 0.817. The van der Waals surface area contributed by atoms with Crippen LogP contribution in [0.4, 0.5) is 5.69 Å². The van der Waals surface area contributed by atoms with E-state index in [9.17, 15) is 14.4 Å². The summed E-state index contributed by atoms with van der Waals surface area (Å²) >= 11 is 0. The highest BCUT2D eigenvalue weighted by Crippen LogP contribution is 2.19. The van der Waals surface area contributed by atoms with E-state index in [1.165, 1.54) is 24.3 Å². The van der Waals surface area contributed by atoms with Crippen molar-refractivity contribution in [2.75, 3.05) is 25.0 Å². The summed E-state index contributed by atoms with van der Waals surface area (Å²) in [4.78, 5) is 37.0. The summed E-state index contributed by atoms with van der Waals surface area (Å²) in [5.41, 5.74) is 0.980. The minimum absolute atomic E-state index is 0.0337. The minimum Gasteiger partial charge on any atom is -0.484 e. The number of hydrogen-bond acceptors (Lipinski definition) is 4. The van der Waals surface area contributed by atoms with Gasteiger partial charge in [0, 0.05) is 30.4 Å². The topological polar surface area (TPSA) is 95.9 Å². The number of carbonyl (C=O) groups excluding carboxylic acids is 2. The highest BCUT2D eigenvalue weighted by atomic mass is 16.5. The van der Waals surface area contributed by atoms with Crippen molar-refractivity contribution in [1.29, 1.82) is 0 Å². The molecule has 0 saturated carbocycles. The van der Waals surface area contributed by atoms with Crippen molar-refractivity contribution < 1.29 is 24.2 Å². The Morgan fingerprint density at radius 3 is 2.33 bits per heavy atom.